The van der Waals surface area contributed by atoms with Crippen LogP contribution in [0, 0.1) is 5.92 Å². The van der Waals surface area contributed by atoms with Crippen LogP contribution in [0.15, 0.2) is 22.5 Å². The number of quaternary nitrogens is 1. The minimum absolute atomic E-state index is 0.0387. The van der Waals surface area contributed by atoms with Crippen LogP contribution in [0.2, 0.25) is 0 Å². The molecule has 3 heterocycles. The number of allylic oxidation sites excluding steroid dienone is 1. The minimum atomic E-state index is -0.824. The lowest BCUT2D eigenvalue weighted by Crippen LogP contribution is -2.86. The molecule has 2 aliphatic heterocycles. The molecule has 2 aliphatic rings. The van der Waals surface area contributed by atoms with Gasteiger partial charge < -0.3 is 10.1 Å². The van der Waals surface area contributed by atoms with Crippen molar-refractivity contribution >= 4 is 58.6 Å². The Morgan fingerprint density at radius 2 is 2.19 bits per heavy atom. The van der Waals surface area contributed by atoms with Crippen LogP contribution >= 0.6 is 35.7 Å². The number of hydrogen-bond acceptors (Lipinski definition) is 9. The van der Waals surface area contributed by atoms with Gasteiger partial charge in [-0.1, -0.05) is 19.9 Å². The van der Waals surface area contributed by atoms with Gasteiger partial charge in [0, 0.05) is 11.1 Å². The molecule has 3 rings (SSSR count). The second-order valence-electron chi connectivity index (χ2n) is 7.61. The zero-order valence-electron chi connectivity index (χ0n) is 17.4. The summed E-state index contributed by atoms with van der Waals surface area (Å²) in [5.74, 6) is -0.0362. The van der Waals surface area contributed by atoms with E-state index >= 15 is 0 Å². The van der Waals surface area contributed by atoms with Crippen LogP contribution in [0.4, 0.5) is 0 Å². The quantitative estimate of drug-likeness (QED) is 0.333. The molecule has 2 amide bonds. The van der Waals surface area contributed by atoms with Gasteiger partial charge in [0.05, 0.1) is 0 Å². The van der Waals surface area contributed by atoms with Gasteiger partial charge in [0.2, 0.25) is 5.91 Å². The summed E-state index contributed by atoms with van der Waals surface area (Å²) in [5, 5.41) is 7.77. The molecular weight excluding hydrogens is 456 g/mol. The number of hydrogen-bond donors (Lipinski definition) is 3. The van der Waals surface area contributed by atoms with Crippen molar-refractivity contribution < 1.29 is 24.4 Å². The molecule has 0 aliphatic carbocycles. The van der Waals surface area contributed by atoms with E-state index in [1.807, 2.05) is 25.3 Å². The van der Waals surface area contributed by atoms with E-state index in [0.717, 1.165) is 10.7 Å². The molecule has 0 saturated carbocycles. The number of primary amides is 1. The van der Waals surface area contributed by atoms with Gasteiger partial charge in [-0.15, -0.1) is 23.1 Å². The van der Waals surface area contributed by atoms with Crippen molar-refractivity contribution in [3.05, 3.63) is 28.2 Å². The summed E-state index contributed by atoms with van der Waals surface area (Å²) in [6, 6.07) is -1.40. The van der Waals surface area contributed by atoms with Crippen LogP contribution in [0.25, 0.3) is 0 Å². The summed E-state index contributed by atoms with van der Waals surface area (Å²) < 4.78 is 5.64. The van der Waals surface area contributed by atoms with Crippen molar-refractivity contribution in [3.63, 3.8) is 0 Å². The van der Waals surface area contributed by atoms with Crippen molar-refractivity contribution in [2.75, 3.05) is 11.5 Å². The Morgan fingerprint density at radius 3 is 2.94 bits per heavy atom. The first-order valence-corrected chi connectivity index (χ1v) is 12.7. The predicted octanol–water partition coefficient (Wildman–Crippen LogP) is 0.927. The standard InChI is InChI=1S/C20H26N4O4S3/c1-11(2)17-20(27)28-12(5-3-4-6-29)7-15(25)21-8-16-22-14(10-30-16)19-23-13(9-31-19)18(26)24-17/h3,5,10-13,17,29H,4,6-9H2,1-2H3,(H,21,25)(H,24,26)/p+1. The molecule has 3 N–H and O–H groups in total. The molecule has 3 atom stereocenters. The van der Waals surface area contributed by atoms with E-state index in [-0.39, 0.29) is 24.2 Å². The molecule has 0 radical (unpaired) electrons. The Morgan fingerprint density at radius 1 is 1.39 bits per heavy atom. The number of carbonyl (C=O) groups is 3. The fourth-order valence-corrected chi connectivity index (χ4v) is 5.04. The van der Waals surface area contributed by atoms with E-state index in [1.165, 1.54) is 23.1 Å². The second-order valence-corrected chi connectivity index (χ2v) is 10.0. The molecule has 31 heavy (non-hydrogen) atoms. The predicted molar refractivity (Wildman–Crippen MR) is 124 cm³/mol. The van der Waals surface area contributed by atoms with Gasteiger partial charge in [0.1, 0.15) is 46.9 Å². The fraction of sp³-hybridized carbons (Fsp3) is 0.550. The SMILES string of the molecule is CC(C)C1NC(=O)C2CSC(=N2)c2csc(n2)C[NH2+]C(=O)CC(C=CCCS)OC1=O. The number of aromatic nitrogens is 1. The smallest absolute Gasteiger partial charge is 0.329 e. The number of esters is 1. The highest BCUT2D eigenvalue weighted by Crippen LogP contribution is 2.25. The maximum absolute atomic E-state index is 12.9. The summed E-state index contributed by atoms with van der Waals surface area (Å²) in [6.07, 6.45) is 3.59. The largest absolute Gasteiger partial charge is 0.456 e. The Labute approximate surface area is 195 Å². The van der Waals surface area contributed by atoms with Crippen molar-refractivity contribution in [1.29, 1.82) is 0 Å². The number of fused-ring (bicyclic) bond motifs is 4. The van der Waals surface area contributed by atoms with Crippen LogP contribution in [-0.4, -0.2) is 57.5 Å². The van der Waals surface area contributed by atoms with E-state index in [1.54, 1.807) is 11.4 Å². The van der Waals surface area contributed by atoms with Gasteiger partial charge >= 0.3 is 11.9 Å². The zero-order valence-corrected chi connectivity index (χ0v) is 20.0. The molecule has 0 spiro atoms. The first-order valence-electron chi connectivity index (χ1n) is 10.2. The summed E-state index contributed by atoms with van der Waals surface area (Å²) in [7, 11) is 0. The third-order valence-corrected chi connectivity index (χ3v) is 6.96. The molecule has 1 aromatic rings. The van der Waals surface area contributed by atoms with Gasteiger partial charge in [-0.2, -0.15) is 12.6 Å². The molecule has 0 aromatic carbocycles. The average Bonchev–Trinajstić information content (AvgIpc) is 3.39. The molecule has 3 unspecified atom stereocenters. The van der Waals surface area contributed by atoms with E-state index in [9.17, 15) is 14.4 Å². The van der Waals surface area contributed by atoms with Crippen molar-refractivity contribution in [1.82, 2.24) is 10.3 Å². The van der Waals surface area contributed by atoms with Crippen LogP contribution < -0.4 is 10.6 Å². The molecule has 11 heteroatoms. The van der Waals surface area contributed by atoms with Crippen molar-refractivity contribution in [2.24, 2.45) is 10.9 Å². The number of nitrogens with zero attached hydrogens (tertiary/aromatic N) is 2. The van der Waals surface area contributed by atoms with Gasteiger partial charge in [-0.25, -0.2) is 14.6 Å². The summed E-state index contributed by atoms with van der Waals surface area (Å²) in [4.78, 5) is 47.3. The first-order chi connectivity index (χ1) is 14.9. The third kappa shape index (κ3) is 6.64. The van der Waals surface area contributed by atoms with Crippen LogP contribution in [0.3, 0.4) is 0 Å². The lowest BCUT2D eigenvalue weighted by atomic mass is 10.0. The van der Waals surface area contributed by atoms with E-state index in [2.05, 4.69) is 27.9 Å². The molecule has 0 saturated heterocycles. The third-order valence-electron chi connectivity index (χ3n) is 4.76. The molecule has 4 bridgehead atoms. The summed E-state index contributed by atoms with van der Waals surface area (Å²) >= 11 is 7.10. The number of thiazole rings is 1. The van der Waals surface area contributed by atoms with Gasteiger partial charge in [-0.3, -0.25) is 15.1 Å². The first kappa shape index (κ1) is 24.0. The van der Waals surface area contributed by atoms with E-state index < -0.39 is 24.2 Å². The van der Waals surface area contributed by atoms with Crippen LogP contribution in [0.1, 0.15) is 37.4 Å². The van der Waals surface area contributed by atoms with Crippen molar-refractivity contribution in [3.8, 4) is 0 Å². The summed E-state index contributed by atoms with van der Waals surface area (Å²) in [5.41, 5.74) is 0.723. The highest BCUT2D eigenvalue weighted by Gasteiger charge is 2.33. The molecule has 8 nitrogen and oxygen atoms in total. The normalized spacial score (nSPS) is 25.6. The molecule has 1 aromatic heterocycles. The zero-order chi connectivity index (χ0) is 22.4. The van der Waals surface area contributed by atoms with Crippen LogP contribution in [-0.2, 0) is 25.7 Å². The Balaban J connectivity index is 1.87. The Bertz CT molecular complexity index is 884. The Kier molecular flexibility index (Phi) is 8.70. The number of rotatable bonds is 4. The van der Waals surface area contributed by atoms with Gasteiger partial charge in [0.25, 0.3) is 0 Å². The number of nitrogens with one attached hydrogen (secondary N) is 1. The maximum atomic E-state index is 12.9. The van der Waals surface area contributed by atoms with Crippen LogP contribution in [0.5, 0.6) is 0 Å². The number of ether oxygens (including phenoxy) is 1. The van der Waals surface area contributed by atoms with Gasteiger partial charge in [0.15, 0.2) is 0 Å². The van der Waals surface area contributed by atoms with Gasteiger partial charge in [-0.05, 0) is 24.2 Å². The molecule has 0 fully saturated rings. The topological polar surface area (TPSA) is 114 Å². The average molecular weight is 484 g/mol. The second kappa shape index (κ2) is 11.3. The maximum Gasteiger partial charge on any atom is 0.329 e. The number of aliphatic imine (C=N–C) groups is 1. The monoisotopic (exact) mass is 483 g/mol. The number of thiol groups is 1. The number of amides is 2. The summed E-state index contributed by atoms with van der Waals surface area (Å²) in [6.45, 7) is 4.08. The van der Waals surface area contributed by atoms with Crippen molar-refractivity contribution in [2.45, 2.75) is 51.4 Å². The van der Waals surface area contributed by atoms with E-state index in [4.69, 9.17) is 4.74 Å². The highest BCUT2D eigenvalue weighted by atomic mass is 32.2. The lowest BCUT2D eigenvalue weighted by Gasteiger charge is -2.24. The number of thioether (sulfide) groups is 1. The number of carbonyl (C=O) groups excluding carboxylic acids is 3. The number of cyclic esters (lactones) is 1. The molecular formula is C20H27N4O4S3+. The minimum Gasteiger partial charge on any atom is -0.456 e. The Hall–Kier alpha value is -1.69. The highest BCUT2D eigenvalue weighted by molar-refractivity contribution is 8.14. The number of nitrogens with two attached hydrogens (primary N) is 1. The van der Waals surface area contributed by atoms with E-state index in [0.29, 0.717) is 29.5 Å². The lowest BCUT2D eigenvalue weighted by molar-refractivity contribution is -0.585. The molecule has 168 valence electrons. The fourth-order valence-electron chi connectivity index (χ4n) is 3.08.